The molecular weight excluding hydrogens is 546 g/mol. The van der Waals surface area contributed by atoms with Gasteiger partial charge in [0, 0.05) is 75.5 Å². The zero-order valence-corrected chi connectivity index (χ0v) is 24.6. The summed E-state index contributed by atoms with van der Waals surface area (Å²) in [5.41, 5.74) is 9.65. The molecule has 218 valence electrons. The van der Waals surface area contributed by atoms with Crippen LogP contribution in [0.15, 0.2) is 116 Å². The average Bonchev–Trinajstić information content (AvgIpc) is 3.10. The normalized spacial score (nSPS) is 10.7. The molecule has 0 amide bonds. The molecule has 4 aromatic heterocycles. The highest BCUT2D eigenvalue weighted by Crippen LogP contribution is 2.25. The summed E-state index contributed by atoms with van der Waals surface area (Å²) in [5.74, 6) is 2.21. The monoisotopic (exact) mass is 579 g/mol. The highest BCUT2D eigenvalue weighted by atomic mass is 15.1. The molecule has 4 N–H and O–H groups in total. The van der Waals surface area contributed by atoms with Crippen LogP contribution < -0.4 is 21.3 Å². The number of pyridine rings is 3. The molecule has 9 heteroatoms. The van der Waals surface area contributed by atoms with E-state index in [0.717, 1.165) is 56.3 Å². The molecule has 6 aromatic rings. The van der Waals surface area contributed by atoms with Crippen LogP contribution in [0.1, 0.15) is 11.1 Å². The molecule has 0 bridgehead atoms. The summed E-state index contributed by atoms with van der Waals surface area (Å²) in [6.07, 6.45) is 10.9. The fraction of sp³-hybridized carbons (Fsp3) is 0.114. The van der Waals surface area contributed by atoms with Crippen LogP contribution in [0.2, 0.25) is 0 Å². The van der Waals surface area contributed by atoms with E-state index in [1.807, 2.05) is 63.1 Å². The molecule has 0 saturated heterocycles. The Morgan fingerprint density at radius 3 is 1.68 bits per heavy atom. The van der Waals surface area contributed by atoms with Crippen molar-refractivity contribution in [3.63, 3.8) is 0 Å². The van der Waals surface area contributed by atoms with Crippen molar-refractivity contribution in [3.05, 3.63) is 127 Å². The van der Waals surface area contributed by atoms with E-state index < -0.39 is 0 Å². The molecular formula is C35H33N9. The van der Waals surface area contributed by atoms with Gasteiger partial charge in [0.2, 0.25) is 5.95 Å². The first-order valence-electron chi connectivity index (χ1n) is 14.4. The number of aromatic nitrogens is 5. The first-order chi connectivity index (χ1) is 21.7. The molecule has 0 saturated carbocycles. The lowest BCUT2D eigenvalue weighted by Crippen LogP contribution is -2.03. The number of rotatable bonds is 11. The van der Waals surface area contributed by atoms with Crippen LogP contribution in [0, 0.1) is 0 Å². The van der Waals surface area contributed by atoms with E-state index in [4.69, 9.17) is 0 Å². The Balaban J connectivity index is 1.09. The SMILES string of the molecule is CNc1cc(-c2cnc(NCc3cccc(-c4cccc(CNc5cncc(-c6ccnc(NC)c6)c5)c4)c3)nc2)ccn1. The van der Waals surface area contributed by atoms with E-state index in [1.165, 1.54) is 5.56 Å². The molecule has 2 aromatic carbocycles. The molecule has 44 heavy (non-hydrogen) atoms. The Morgan fingerprint density at radius 1 is 0.500 bits per heavy atom. The van der Waals surface area contributed by atoms with Crippen molar-refractivity contribution in [2.75, 3.05) is 35.4 Å². The maximum atomic E-state index is 4.51. The van der Waals surface area contributed by atoms with Gasteiger partial charge in [-0.3, -0.25) is 4.98 Å². The van der Waals surface area contributed by atoms with E-state index in [9.17, 15) is 0 Å². The Hall–Kier alpha value is -5.83. The van der Waals surface area contributed by atoms with Crippen LogP contribution in [0.5, 0.6) is 0 Å². The molecule has 0 unspecified atom stereocenters. The van der Waals surface area contributed by atoms with Crippen molar-refractivity contribution in [2.24, 2.45) is 0 Å². The molecule has 6 rings (SSSR count). The number of hydrogen-bond donors (Lipinski definition) is 4. The highest BCUT2D eigenvalue weighted by Gasteiger charge is 2.06. The molecule has 0 aliphatic carbocycles. The molecule has 0 aliphatic rings. The van der Waals surface area contributed by atoms with Crippen molar-refractivity contribution in [3.8, 4) is 33.4 Å². The third-order valence-corrected chi connectivity index (χ3v) is 7.22. The number of nitrogens with one attached hydrogen (secondary N) is 4. The minimum Gasteiger partial charge on any atom is -0.380 e. The molecule has 4 heterocycles. The lowest BCUT2D eigenvalue weighted by atomic mass is 10.0. The van der Waals surface area contributed by atoms with Gasteiger partial charge < -0.3 is 21.3 Å². The fourth-order valence-electron chi connectivity index (χ4n) is 4.86. The van der Waals surface area contributed by atoms with Gasteiger partial charge in [-0.25, -0.2) is 19.9 Å². The average molecular weight is 580 g/mol. The van der Waals surface area contributed by atoms with Crippen LogP contribution in [-0.4, -0.2) is 39.0 Å². The third-order valence-electron chi connectivity index (χ3n) is 7.22. The van der Waals surface area contributed by atoms with Crippen molar-refractivity contribution in [1.29, 1.82) is 0 Å². The van der Waals surface area contributed by atoms with Gasteiger partial charge in [-0.05, 0) is 75.8 Å². The minimum atomic E-state index is 0.583. The molecule has 0 atom stereocenters. The summed E-state index contributed by atoms with van der Waals surface area (Å²) in [6.45, 7) is 1.30. The van der Waals surface area contributed by atoms with E-state index in [1.54, 1.807) is 12.4 Å². The number of nitrogens with zero attached hydrogens (tertiary/aromatic N) is 5. The first kappa shape index (κ1) is 28.3. The van der Waals surface area contributed by atoms with E-state index in [0.29, 0.717) is 19.0 Å². The summed E-state index contributed by atoms with van der Waals surface area (Å²) < 4.78 is 0. The summed E-state index contributed by atoms with van der Waals surface area (Å²) in [4.78, 5) is 22.0. The van der Waals surface area contributed by atoms with E-state index in [-0.39, 0.29) is 0 Å². The number of benzene rings is 2. The summed E-state index contributed by atoms with van der Waals surface area (Å²) >= 11 is 0. The van der Waals surface area contributed by atoms with Crippen LogP contribution in [0.25, 0.3) is 33.4 Å². The standard InChI is InChI=1S/C35H33N9/c1-36-33-16-28(9-11-39-33)30-15-32(23-38-20-30)41-18-24-5-3-7-26(13-24)27-8-4-6-25(14-27)19-42-35-43-21-31(22-44-35)29-10-12-40-34(17-29)37-2/h3-17,20-23,41H,18-19H2,1-2H3,(H,36,39)(H,37,40)(H,42,43,44). The Labute approximate surface area is 256 Å². The van der Waals surface area contributed by atoms with Crippen molar-refractivity contribution in [1.82, 2.24) is 24.9 Å². The van der Waals surface area contributed by atoms with Crippen molar-refractivity contribution >= 4 is 23.3 Å². The fourth-order valence-corrected chi connectivity index (χ4v) is 4.86. The van der Waals surface area contributed by atoms with Gasteiger partial charge in [-0.2, -0.15) is 0 Å². The zero-order chi connectivity index (χ0) is 30.1. The predicted octanol–water partition coefficient (Wildman–Crippen LogP) is 6.97. The molecule has 0 spiro atoms. The zero-order valence-electron chi connectivity index (χ0n) is 24.6. The Bertz CT molecular complexity index is 1850. The van der Waals surface area contributed by atoms with Crippen LogP contribution in [0.3, 0.4) is 0 Å². The Kier molecular flexibility index (Phi) is 8.64. The largest absolute Gasteiger partial charge is 0.380 e. The lowest BCUT2D eigenvalue weighted by molar-refractivity contribution is 1.06. The van der Waals surface area contributed by atoms with Gasteiger partial charge in [0.15, 0.2) is 0 Å². The molecule has 0 radical (unpaired) electrons. The van der Waals surface area contributed by atoms with Crippen LogP contribution >= 0.6 is 0 Å². The smallest absolute Gasteiger partial charge is 0.222 e. The van der Waals surface area contributed by atoms with Gasteiger partial charge in [0.1, 0.15) is 11.6 Å². The van der Waals surface area contributed by atoms with E-state index in [2.05, 4.69) is 101 Å². The van der Waals surface area contributed by atoms with Gasteiger partial charge >= 0.3 is 0 Å². The lowest BCUT2D eigenvalue weighted by Gasteiger charge is -2.11. The highest BCUT2D eigenvalue weighted by molar-refractivity contribution is 5.69. The number of anilines is 4. The summed E-state index contributed by atoms with van der Waals surface area (Å²) in [7, 11) is 3.71. The second kappa shape index (κ2) is 13.4. The van der Waals surface area contributed by atoms with Gasteiger partial charge in [0.05, 0.1) is 5.69 Å². The first-order valence-corrected chi connectivity index (χ1v) is 14.4. The van der Waals surface area contributed by atoms with Crippen LogP contribution in [0.4, 0.5) is 23.3 Å². The van der Waals surface area contributed by atoms with Crippen molar-refractivity contribution in [2.45, 2.75) is 13.1 Å². The van der Waals surface area contributed by atoms with Crippen LogP contribution in [-0.2, 0) is 13.1 Å². The number of hydrogen-bond acceptors (Lipinski definition) is 9. The maximum Gasteiger partial charge on any atom is 0.222 e. The van der Waals surface area contributed by atoms with Gasteiger partial charge in [-0.1, -0.05) is 36.4 Å². The summed E-state index contributed by atoms with van der Waals surface area (Å²) in [6, 6.07) is 27.1. The predicted molar refractivity (Wildman–Crippen MR) is 178 cm³/mol. The molecule has 0 aliphatic heterocycles. The Morgan fingerprint density at radius 2 is 1.07 bits per heavy atom. The third kappa shape index (κ3) is 6.96. The maximum absolute atomic E-state index is 4.51. The molecule has 9 nitrogen and oxygen atoms in total. The van der Waals surface area contributed by atoms with Gasteiger partial charge in [0.25, 0.3) is 0 Å². The quantitative estimate of drug-likeness (QED) is 0.129. The van der Waals surface area contributed by atoms with Gasteiger partial charge in [-0.15, -0.1) is 0 Å². The van der Waals surface area contributed by atoms with E-state index >= 15 is 0 Å². The van der Waals surface area contributed by atoms with Crippen molar-refractivity contribution < 1.29 is 0 Å². The summed E-state index contributed by atoms with van der Waals surface area (Å²) in [5, 5.41) is 13.0. The second-order valence-electron chi connectivity index (χ2n) is 10.2. The minimum absolute atomic E-state index is 0.583. The molecule has 0 fully saturated rings. The second-order valence-corrected chi connectivity index (χ2v) is 10.2. The topological polar surface area (TPSA) is 113 Å².